The minimum atomic E-state index is -0.452. The van der Waals surface area contributed by atoms with Crippen LogP contribution >= 0.6 is 0 Å². The van der Waals surface area contributed by atoms with Gasteiger partial charge in [0.15, 0.2) is 0 Å². The van der Waals surface area contributed by atoms with E-state index in [0.29, 0.717) is 24.2 Å². The van der Waals surface area contributed by atoms with Gasteiger partial charge in [0.1, 0.15) is 11.6 Å². The van der Waals surface area contributed by atoms with Crippen molar-refractivity contribution in [3.8, 4) is 17.6 Å². The Hall–Kier alpha value is -1.60. The highest BCUT2D eigenvalue weighted by atomic mass is 19.1. The second kappa shape index (κ2) is 7.64. The van der Waals surface area contributed by atoms with Crippen molar-refractivity contribution in [2.45, 2.75) is 12.8 Å². The number of benzene rings is 1. The molecule has 0 aliphatic rings. The average Bonchev–Trinajstić information content (AvgIpc) is 2.32. The zero-order chi connectivity index (χ0) is 12.5. The summed E-state index contributed by atoms with van der Waals surface area (Å²) in [6, 6.07) is 3.99. The third-order valence-electron chi connectivity index (χ3n) is 1.94. The van der Waals surface area contributed by atoms with Gasteiger partial charge in [0.2, 0.25) is 0 Å². The highest BCUT2D eigenvalue weighted by molar-refractivity contribution is 5.46. The predicted octanol–water partition coefficient (Wildman–Crippen LogP) is 2.30. The molecule has 1 N–H and O–H groups in total. The standard InChI is InChI=1S/C13H14F2O2/c14-7-3-9-17-13-6-5-12(15)10-11(13)4-1-2-8-16/h5-6,10,16H,2-3,7-9H2. The fraction of sp³-hybridized carbons (Fsp3) is 0.385. The van der Waals surface area contributed by atoms with Crippen LogP contribution in [0, 0.1) is 17.7 Å². The fourth-order valence-electron chi connectivity index (χ4n) is 1.18. The number of ether oxygens (including phenoxy) is 1. The molecule has 0 spiro atoms. The molecule has 0 bridgehead atoms. The normalized spacial score (nSPS) is 9.59. The molecule has 17 heavy (non-hydrogen) atoms. The third-order valence-corrected chi connectivity index (χ3v) is 1.94. The predicted molar refractivity (Wildman–Crippen MR) is 61.1 cm³/mol. The second-order valence-electron chi connectivity index (χ2n) is 3.31. The number of aliphatic hydroxyl groups excluding tert-OH is 1. The molecule has 0 unspecified atom stereocenters. The van der Waals surface area contributed by atoms with Gasteiger partial charge in [-0.15, -0.1) is 0 Å². The summed E-state index contributed by atoms with van der Waals surface area (Å²) in [5, 5.41) is 8.59. The smallest absolute Gasteiger partial charge is 0.135 e. The number of hydrogen-bond donors (Lipinski definition) is 1. The van der Waals surface area contributed by atoms with E-state index in [1.807, 2.05) is 0 Å². The van der Waals surface area contributed by atoms with Crippen molar-refractivity contribution in [3.63, 3.8) is 0 Å². The van der Waals surface area contributed by atoms with Crippen LogP contribution in [-0.2, 0) is 0 Å². The van der Waals surface area contributed by atoms with Crippen LogP contribution in [0.4, 0.5) is 8.78 Å². The molecule has 0 fully saturated rings. The quantitative estimate of drug-likeness (QED) is 0.632. The summed E-state index contributed by atoms with van der Waals surface area (Å²) in [5.74, 6) is 5.43. The highest BCUT2D eigenvalue weighted by Crippen LogP contribution is 2.18. The lowest BCUT2D eigenvalue weighted by Crippen LogP contribution is -2.00. The van der Waals surface area contributed by atoms with Crippen molar-refractivity contribution >= 4 is 0 Å². The number of hydrogen-bond acceptors (Lipinski definition) is 2. The fourth-order valence-corrected chi connectivity index (χ4v) is 1.18. The average molecular weight is 240 g/mol. The van der Waals surface area contributed by atoms with E-state index in [0.717, 1.165) is 0 Å². The van der Waals surface area contributed by atoms with Gasteiger partial charge in [-0.05, 0) is 18.2 Å². The van der Waals surface area contributed by atoms with Crippen LogP contribution in [-0.4, -0.2) is 25.0 Å². The molecule has 2 nitrogen and oxygen atoms in total. The second-order valence-corrected chi connectivity index (χ2v) is 3.31. The first-order valence-corrected chi connectivity index (χ1v) is 5.36. The Morgan fingerprint density at radius 3 is 2.88 bits per heavy atom. The van der Waals surface area contributed by atoms with E-state index in [1.165, 1.54) is 18.2 Å². The van der Waals surface area contributed by atoms with Crippen molar-refractivity contribution in [2.75, 3.05) is 19.9 Å². The van der Waals surface area contributed by atoms with Crippen LogP contribution in [0.5, 0.6) is 5.75 Å². The minimum Gasteiger partial charge on any atom is -0.492 e. The SMILES string of the molecule is OCCC#Cc1cc(F)ccc1OCCCF. The summed E-state index contributed by atoms with van der Waals surface area (Å²) < 4.78 is 30.2. The van der Waals surface area contributed by atoms with Crippen molar-refractivity contribution < 1.29 is 18.6 Å². The van der Waals surface area contributed by atoms with Gasteiger partial charge in [0.25, 0.3) is 0 Å². The lowest BCUT2D eigenvalue weighted by atomic mass is 10.2. The first-order chi connectivity index (χ1) is 8.27. The summed E-state index contributed by atoms with van der Waals surface area (Å²) in [6.45, 7) is -0.260. The molecule has 0 radical (unpaired) electrons. The number of rotatable bonds is 5. The zero-order valence-electron chi connectivity index (χ0n) is 9.38. The van der Waals surface area contributed by atoms with Crippen LogP contribution in [0.2, 0.25) is 0 Å². The van der Waals surface area contributed by atoms with Crippen LogP contribution in [0.3, 0.4) is 0 Å². The van der Waals surface area contributed by atoms with Crippen LogP contribution < -0.4 is 4.74 Å². The van der Waals surface area contributed by atoms with Gasteiger partial charge >= 0.3 is 0 Å². The van der Waals surface area contributed by atoms with E-state index >= 15 is 0 Å². The molecular formula is C13H14F2O2. The Morgan fingerprint density at radius 1 is 1.35 bits per heavy atom. The first-order valence-electron chi connectivity index (χ1n) is 5.36. The molecular weight excluding hydrogens is 226 g/mol. The monoisotopic (exact) mass is 240 g/mol. The number of aliphatic hydroxyl groups is 1. The first kappa shape index (κ1) is 13.5. The Labute approximate surface area is 99.2 Å². The van der Waals surface area contributed by atoms with E-state index < -0.39 is 12.5 Å². The molecule has 0 amide bonds. The van der Waals surface area contributed by atoms with Crippen LogP contribution in [0.25, 0.3) is 0 Å². The van der Waals surface area contributed by atoms with Gasteiger partial charge in [-0.2, -0.15) is 0 Å². The van der Waals surface area contributed by atoms with E-state index in [-0.39, 0.29) is 13.2 Å². The van der Waals surface area contributed by atoms with Gasteiger partial charge < -0.3 is 9.84 Å². The summed E-state index contributed by atoms with van der Waals surface area (Å²) >= 11 is 0. The third kappa shape index (κ3) is 4.83. The lowest BCUT2D eigenvalue weighted by molar-refractivity contribution is 0.288. The van der Waals surface area contributed by atoms with Crippen molar-refractivity contribution in [3.05, 3.63) is 29.6 Å². The molecule has 0 aromatic heterocycles. The molecule has 0 heterocycles. The zero-order valence-corrected chi connectivity index (χ0v) is 9.38. The number of alkyl halides is 1. The molecule has 0 atom stereocenters. The minimum absolute atomic E-state index is 0.0413. The molecule has 4 heteroatoms. The molecule has 1 aromatic carbocycles. The van der Waals surface area contributed by atoms with Gasteiger partial charge in [-0.1, -0.05) is 11.8 Å². The molecule has 0 saturated heterocycles. The molecule has 0 aliphatic carbocycles. The van der Waals surface area contributed by atoms with Gasteiger partial charge in [-0.3, -0.25) is 4.39 Å². The number of halogens is 2. The van der Waals surface area contributed by atoms with Crippen LogP contribution in [0.1, 0.15) is 18.4 Å². The topological polar surface area (TPSA) is 29.5 Å². The lowest BCUT2D eigenvalue weighted by Gasteiger charge is -2.07. The van der Waals surface area contributed by atoms with Crippen molar-refractivity contribution in [1.29, 1.82) is 0 Å². The summed E-state index contributed by atoms with van der Waals surface area (Å²) in [4.78, 5) is 0. The van der Waals surface area contributed by atoms with E-state index in [4.69, 9.17) is 9.84 Å². The van der Waals surface area contributed by atoms with Crippen molar-refractivity contribution in [2.24, 2.45) is 0 Å². The maximum Gasteiger partial charge on any atom is 0.135 e. The van der Waals surface area contributed by atoms with Crippen LogP contribution in [0.15, 0.2) is 18.2 Å². The Morgan fingerprint density at radius 2 is 2.18 bits per heavy atom. The highest BCUT2D eigenvalue weighted by Gasteiger charge is 2.03. The summed E-state index contributed by atoms with van der Waals surface area (Å²) in [5.41, 5.74) is 0.414. The maximum atomic E-state index is 13.0. The largest absolute Gasteiger partial charge is 0.492 e. The summed E-state index contributed by atoms with van der Waals surface area (Å²) in [6.07, 6.45) is 0.612. The van der Waals surface area contributed by atoms with Gasteiger partial charge in [-0.25, -0.2) is 4.39 Å². The van der Waals surface area contributed by atoms with Gasteiger partial charge in [0.05, 0.1) is 25.5 Å². The maximum absolute atomic E-state index is 13.0. The molecule has 92 valence electrons. The molecule has 1 rings (SSSR count). The van der Waals surface area contributed by atoms with E-state index in [1.54, 1.807) is 0 Å². The molecule has 0 saturated carbocycles. The van der Waals surface area contributed by atoms with Gasteiger partial charge in [0, 0.05) is 12.8 Å². The molecule has 0 aliphatic heterocycles. The van der Waals surface area contributed by atoms with E-state index in [2.05, 4.69) is 11.8 Å². The Bertz CT molecular complexity index is 408. The molecule has 1 aromatic rings. The van der Waals surface area contributed by atoms with Crippen molar-refractivity contribution in [1.82, 2.24) is 0 Å². The van der Waals surface area contributed by atoms with E-state index in [9.17, 15) is 8.78 Å². The Kier molecular flexibility index (Phi) is 6.05. The Balaban J connectivity index is 2.77. The summed E-state index contributed by atoms with van der Waals surface area (Å²) in [7, 11) is 0.